The summed E-state index contributed by atoms with van der Waals surface area (Å²) in [5, 5.41) is 0. The van der Waals surface area contributed by atoms with Gasteiger partial charge in [0, 0.05) is 6.92 Å². The summed E-state index contributed by atoms with van der Waals surface area (Å²) in [6, 6.07) is 0. The van der Waals surface area contributed by atoms with E-state index in [4.69, 9.17) is 4.74 Å². The average Bonchev–Trinajstić information content (AvgIpc) is 2.27. The molecule has 0 aliphatic heterocycles. The Balaban J connectivity index is 4.10. The van der Waals surface area contributed by atoms with Gasteiger partial charge >= 0.3 is 5.97 Å². The van der Waals surface area contributed by atoms with Gasteiger partial charge in [-0.15, -0.1) is 0 Å². The van der Waals surface area contributed by atoms with Crippen molar-refractivity contribution in [3.8, 4) is 0 Å². The second-order valence-corrected chi connectivity index (χ2v) is 6.05. The van der Waals surface area contributed by atoms with Gasteiger partial charge in [-0.05, 0) is 37.3 Å². The third kappa shape index (κ3) is 9.52. The van der Waals surface area contributed by atoms with E-state index in [-0.39, 0.29) is 5.97 Å². The number of carbonyl (C=O) groups is 1. The fourth-order valence-corrected chi connectivity index (χ4v) is 1.98. The maximum Gasteiger partial charge on any atom is 0.303 e. The van der Waals surface area contributed by atoms with Crippen molar-refractivity contribution in [3.63, 3.8) is 0 Å². The Labute approximate surface area is 118 Å². The molecule has 2 atom stereocenters. The first-order valence-corrected chi connectivity index (χ1v) is 7.30. The summed E-state index contributed by atoms with van der Waals surface area (Å²) in [4.78, 5) is 11.0. The van der Waals surface area contributed by atoms with Crippen LogP contribution in [0.1, 0.15) is 60.3 Å². The lowest BCUT2D eigenvalue weighted by Crippen LogP contribution is -2.25. The van der Waals surface area contributed by atoms with Crippen LogP contribution >= 0.6 is 0 Å². The first-order chi connectivity index (χ1) is 8.79. The van der Waals surface area contributed by atoms with Crippen LogP contribution in [0.5, 0.6) is 0 Å². The molecule has 0 bridgehead atoms. The average molecular weight is 266 g/mol. The highest BCUT2D eigenvalue weighted by atomic mass is 16.6. The Hall–Kier alpha value is -1.05. The van der Waals surface area contributed by atoms with E-state index in [1.54, 1.807) is 6.08 Å². The molecule has 0 amide bonds. The topological polar surface area (TPSA) is 26.3 Å². The van der Waals surface area contributed by atoms with Crippen molar-refractivity contribution < 1.29 is 9.53 Å². The van der Waals surface area contributed by atoms with Crippen molar-refractivity contribution >= 4 is 5.97 Å². The third-order valence-corrected chi connectivity index (χ3v) is 3.23. The van der Waals surface area contributed by atoms with Crippen LogP contribution in [0.25, 0.3) is 0 Å². The smallest absolute Gasteiger partial charge is 0.303 e. The van der Waals surface area contributed by atoms with Gasteiger partial charge in [-0.25, -0.2) is 0 Å². The minimum atomic E-state index is -0.677. The van der Waals surface area contributed by atoms with E-state index >= 15 is 0 Å². The van der Waals surface area contributed by atoms with Gasteiger partial charge in [-0.1, -0.05) is 52.7 Å². The predicted octanol–water partition coefficient (Wildman–Crippen LogP) is 4.90. The van der Waals surface area contributed by atoms with Gasteiger partial charge in [0.05, 0.1) is 0 Å². The SMILES string of the molecule is C=CC(C)(C=CCC(C)CCCC(C)C)OC(C)=O. The summed E-state index contributed by atoms with van der Waals surface area (Å²) in [5.74, 6) is 1.18. The van der Waals surface area contributed by atoms with Crippen LogP contribution in [0.4, 0.5) is 0 Å². The molecule has 0 N–H and O–H groups in total. The van der Waals surface area contributed by atoms with Crippen LogP contribution in [-0.2, 0) is 9.53 Å². The Kier molecular flexibility index (Phi) is 8.46. The lowest BCUT2D eigenvalue weighted by molar-refractivity contribution is -0.147. The van der Waals surface area contributed by atoms with Crippen molar-refractivity contribution in [2.24, 2.45) is 11.8 Å². The normalized spacial score (nSPS) is 16.3. The molecule has 2 unspecified atom stereocenters. The Morgan fingerprint density at radius 1 is 1.32 bits per heavy atom. The molecule has 0 aromatic heterocycles. The summed E-state index contributed by atoms with van der Waals surface area (Å²) in [6.45, 7) is 13.8. The van der Waals surface area contributed by atoms with E-state index < -0.39 is 5.60 Å². The lowest BCUT2D eigenvalue weighted by atomic mass is 9.96. The number of allylic oxidation sites excluding steroid dienone is 1. The molecule has 19 heavy (non-hydrogen) atoms. The molecule has 0 aliphatic rings. The number of esters is 1. The summed E-state index contributed by atoms with van der Waals surface area (Å²) >= 11 is 0. The zero-order valence-corrected chi connectivity index (χ0v) is 13.2. The van der Waals surface area contributed by atoms with Gasteiger partial charge in [-0.3, -0.25) is 4.79 Å². The molecule has 110 valence electrons. The number of hydrogen-bond acceptors (Lipinski definition) is 2. The summed E-state index contributed by atoms with van der Waals surface area (Å²) in [7, 11) is 0. The van der Waals surface area contributed by atoms with Crippen LogP contribution in [-0.4, -0.2) is 11.6 Å². The maximum atomic E-state index is 11.0. The van der Waals surface area contributed by atoms with E-state index in [2.05, 4.69) is 33.4 Å². The first-order valence-electron chi connectivity index (χ1n) is 7.30. The highest BCUT2D eigenvalue weighted by Crippen LogP contribution is 2.18. The van der Waals surface area contributed by atoms with Crippen LogP contribution in [0, 0.1) is 11.8 Å². The molecular weight excluding hydrogens is 236 g/mol. The zero-order chi connectivity index (χ0) is 14.9. The number of rotatable bonds is 9. The minimum absolute atomic E-state index is 0.281. The Morgan fingerprint density at radius 3 is 2.42 bits per heavy atom. The van der Waals surface area contributed by atoms with Gasteiger partial charge < -0.3 is 4.74 Å². The van der Waals surface area contributed by atoms with Crippen LogP contribution in [0.3, 0.4) is 0 Å². The molecule has 0 aliphatic carbocycles. The van der Waals surface area contributed by atoms with Crippen LogP contribution in [0.15, 0.2) is 24.8 Å². The molecule has 0 spiro atoms. The standard InChI is InChI=1S/C17H30O2/c1-7-17(6,19-16(5)18)13-9-12-15(4)11-8-10-14(2)3/h7,9,13-15H,1,8,10-12H2,2-6H3. The van der Waals surface area contributed by atoms with Gasteiger partial charge in [-0.2, -0.15) is 0 Å². The number of hydrogen-bond donors (Lipinski definition) is 0. The van der Waals surface area contributed by atoms with Gasteiger partial charge in [0.15, 0.2) is 0 Å². The number of carbonyl (C=O) groups excluding carboxylic acids is 1. The quantitative estimate of drug-likeness (QED) is 0.438. The van der Waals surface area contributed by atoms with Crippen molar-refractivity contribution in [3.05, 3.63) is 24.8 Å². The van der Waals surface area contributed by atoms with Crippen LogP contribution in [0.2, 0.25) is 0 Å². The van der Waals surface area contributed by atoms with Crippen LogP contribution < -0.4 is 0 Å². The highest BCUT2D eigenvalue weighted by Gasteiger charge is 2.19. The molecule has 0 heterocycles. The monoisotopic (exact) mass is 266 g/mol. The van der Waals surface area contributed by atoms with Gasteiger partial charge in [0.2, 0.25) is 0 Å². The summed E-state index contributed by atoms with van der Waals surface area (Å²) in [6.07, 6.45) is 10.5. The molecule has 0 rings (SSSR count). The largest absolute Gasteiger partial charge is 0.451 e. The molecule has 0 aromatic rings. The number of ether oxygens (including phenoxy) is 1. The van der Waals surface area contributed by atoms with Crippen molar-refractivity contribution in [2.75, 3.05) is 0 Å². The van der Waals surface area contributed by atoms with E-state index in [9.17, 15) is 4.79 Å². The van der Waals surface area contributed by atoms with Crippen molar-refractivity contribution in [1.29, 1.82) is 0 Å². The predicted molar refractivity (Wildman–Crippen MR) is 82.0 cm³/mol. The van der Waals surface area contributed by atoms with E-state index in [0.717, 1.165) is 12.3 Å². The highest BCUT2D eigenvalue weighted by molar-refractivity contribution is 5.67. The van der Waals surface area contributed by atoms with Gasteiger partial charge in [0.25, 0.3) is 0 Å². The third-order valence-electron chi connectivity index (χ3n) is 3.23. The Bertz CT molecular complexity index is 304. The maximum absolute atomic E-state index is 11.0. The fourth-order valence-electron chi connectivity index (χ4n) is 1.98. The molecule has 0 radical (unpaired) electrons. The Morgan fingerprint density at radius 2 is 1.95 bits per heavy atom. The molecule has 0 saturated carbocycles. The minimum Gasteiger partial charge on any atom is -0.451 e. The second-order valence-electron chi connectivity index (χ2n) is 6.05. The molecular formula is C17H30O2. The second kappa shape index (κ2) is 8.95. The molecule has 0 aromatic carbocycles. The summed E-state index contributed by atoms with van der Waals surface area (Å²) in [5.41, 5.74) is -0.677. The molecule has 0 fully saturated rings. The van der Waals surface area contributed by atoms with E-state index in [1.165, 1.54) is 26.2 Å². The van der Waals surface area contributed by atoms with Gasteiger partial charge in [0.1, 0.15) is 5.60 Å². The fraction of sp³-hybridized carbons (Fsp3) is 0.706. The first kappa shape index (κ1) is 17.9. The van der Waals surface area contributed by atoms with E-state index in [0.29, 0.717) is 5.92 Å². The molecule has 0 saturated heterocycles. The van der Waals surface area contributed by atoms with E-state index in [1.807, 2.05) is 13.0 Å². The van der Waals surface area contributed by atoms with Crippen molar-refractivity contribution in [1.82, 2.24) is 0 Å². The summed E-state index contributed by atoms with van der Waals surface area (Å²) < 4.78 is 5.24. The lowest BCUT2D eigenvalue weighted by Gasteiger charge is -2.21. The van der Waals surface area contributed by atoms with Crippen molar-refractivity contribution in [2.45, 2.75) is 65.9 Å². The molecule has 2 nitrogen and oxygen atoms in total. The zero-order valence-electron chi connectivity index (χ0n) is 13.2. The molecule has 2 heteroatoms.